The lowest BCUT2D eigenvalue weighted by Crippen LogP contribution is -2.38. The Balaban J connectivity index is 1.69. The Morgan fingerprint density at radius 1 is 1.06 bits per heavy atom. The summed E-state index contributed by atoms with van der Waals surface area (Å²) in [6.45, 7) is 7.11. The van der Waals surface area contributed by atoms with Gasteiger partial charge < -0.3 is 24.8 Å². The van der Waals surface area contributed by atoms with E-state index in [1.807, 2.05) is 75.4 Å². The second-order valence-electron chi connectivity index (χ2n) is 9.09. The molecule has 32 heavy (non-hydrogen) atoms. The van der Waals surface area contributed by atoms with Gasteiger partial charge in [0.1, 0.15) is 11.4 Å². The maximum absolute atomic E-state index is 12.5. The highest BCUT2D eigenvalue weighted by atomic mass is 16.6. The molecule has 7 heteroatoms. The second-order valence-corrected chi connectivity index (χ2v) is 9.09. The minimum absolute atomic E-state index is 0.319. The van der Waals surface area contributed by atoms with E-state index in [1.165, 1.54) is 4.90 Å². The van der Waals surface area contributed by atoms with E-state index in [4.69, 9.17) is 14.6 Å². The zero-order valence-electron chi connectivity index (χ0n) is 18.9. The first kappa shape index (κ1) is 23.4. The Morgan fingerprint density at radius 3 is 2.34 bits per heavy atom. The molecule has 0 spiro atoms. The zero-order chi connectivity index (χ0) is 23.1. The van der Waals surface area contributed by atoms with Crippen LogP contribution in [0.3, 0.4) is 0 Å². The van der Waals surface area contributed by atoms with Crippen LogP contribution < -0.4 is 10.1 Å². The number of likely N-dealkylation sites (tertiary alicyclic amines) is 1. The van der Waals surface area contributed by atoms with Crippen LogP contribution in [-0.2, 0) is 4.74 Å². The van der Waals surface area contributed by atoms with Crippen molar-refractivity contribution in [1.29, 1.82) is 0 Å². The van der Waals surface area contributed by atoms with E-state index in [2.05, 4.69) is 5.32 Å². The molecule has 172 valence electrons. The van der Waals surface area contributed by atoms with Crippen molar-refractivity contribution in [3.05, 3.63) is 65.7 Å². The SMILES string of the molecule is CC(C)(C)OC(=O)NC(c1ccccc1)c1cccc(OCC2CCN(C(=O)O)CC2)c1. The van der Waals surface area contributed by atoms with E-state index in [1.54, 1.807) is 0 Å². The predicted molar refractivity (Wildman–Crippen MR) is 122 cm³/mol. The fraction of sp³-hybridized carbons (Fsp3) is 0.440. The number of hydrogen-bond acceptors (Lipinski definition) is 4. The number of rotatable bonds is 6. The number of nitrogens with zero attached hydrogens (tertiary/aromatic N) is 1. The number of nitrogens with one attached hydrogen (secondary N) is 1. The highest BCUT2D eigenvalue weighted by Gasteiger charge is 2.24. The van der Waals surface area contributed by atoms with Crippen LogP contribution in [-0.4, -0.2) is 47.5 Å². The fourth-order valence-corrected chi connectivity index (χ4v) is 3.72. The lowest BCUT2D eigenvalue weighted by Gasteiger charge is -2.29. The van der Waals surface area contributed by atoms with E-state index in [0.29, 0.717) is 25.6 Å². The first-order valence-electron chi connectivity index (χ1n) is 11.0. The quantitative estimate of drug-likeness (QED) is 0.655. The maximum atomic E-state index is 12.5. The van der Waals surface area contributed by atoms with Gasteiger partial charge in [-0.1, -0.05) is 42.5 Å². The van der Waals surface area contributed by atoms with Gasteiger partial charge in [-0.25, -0.2) is 9.59 Å². The van der Waals surface area contributed by atoms with Crippen molar-refractivity contribution in [2.75, 3.05) is 19.7 Å². The topological polar surface area (TPSA) is 88.1 Å². The molecule has 1 saturated heterocycles. The Bertz CT molecular complexity index is 902. The third-order valence-corrected chi connectivity index (χ3v) is 5.36. The number of carbonyl (C=O) groups is 2. The summed E-state index contributed by atoms with van der Waals surface area (Å²) in [5.74, 6) is 1.04. The number of carboxylic acid groups (broad SMARTS) is 1. The average molecular weight is 441 g/mol. The molecule has 1 aliphatic rings. The van der Waals surface area contributed by atoms with Crippen molar-refractivity contribution in [3.8, 4) is 5.75 Å². The van der Waals surface area contributed by atoms with Gasteiger partial charge in [-0.3, -0.25) is 0 Å². The first-order chi connectivity index (χ1) is 15.2. The van der Waals surface area contributed by atoms with Crippen LogP contribution in [0.5, 0.6) is 5.75 Å². The minimum Gasteiger partial charge on any atom is -0.493 e. The second kappa shape index (κ2) is 10.4. The summed E-state index contributed by atoms with van der Waals surface area (Å²) in [7, 11) is 0. The van der Waals surface area contributed by atoms with Gasteiger partial charge in [-0.05, 0) is 62.8 Å². The number of amides is 2. The molecule has 2 aromatic rings. The highest BCUT2D eigenvalue weighted by molar-refractivity contribution is 5.69. The lowest BCUT2D eigenvalue weighted by atomic mass is 9.97. The van der Waals surface area contributed by atoms with Gasteiger partial charge in [-0.15, -0.1) is 0 Å². The molecule has 1 heterocycles. The summed E-state index contributed by atoms with van der Waals surface area (Å²) >= 11 is 0. The van der Waals surface area contributed by atoms with Gasteiger partial charge >= 0.3 is 12.2 Å². The van der Waals surface area contributed by atoms with Crippen LogP contribution in [0.15, 0.2) is 54.6 Å². The summed E-state index contributed by atoms with van der Waals surface area (Å²) in [4.78, 5) is 25.0. The average Bonchev–Trinajstić information content (AvgIpc) is 2.76. The van der Waals surface area contributed by atoms with Crippen LogP contribution in [0.25, 0.3) is 0 Å². The van der Waals surface area contributed by atoms with Gasteiger partial charge in [0.05, 0.1) is 12.6 Å². The first-order valence-corrected chi connectivity index (χ1v) is 11.0. The number of benzene rings is 2. The monoisotopic (exact) mass is 440 g/mol. The van der Waals surface area contributed by atoms with E-state index >= 15 is 0 Å². The summed E-state index contributed by atoms with van der Waals surface area (Å²) in [6.07, 6.45) is 0.238. The number of carbonyl (C=O) groups excluding carboxylic acids is 1. The molecule has 0 aromatic heterocycles. The molecule has 1 unspecified atom stereocenters. The minimum atomic E-state index is -0.860. The van der Waals surface area contributed by atoms with Gasteiger partial charge in [-0.2, -0.15) is 0 Å². The molecular formula is C25H32N2O5. The molecule has 3 rings (SSSR count). The molecule has 0 aliphatic carbocycles. The van der Waals surface area contributed by atoms with Crippen molar-refractivity contribution >= 4 is 12.2 Å². The van der Waals surface area contributed by atoms with E-state index < -0.39 is 17.8 Å². The van der Waals surface area contributed by atoms with E-state index in [-0.39, 0.29) is 6.04 Å². The van der Waals surface area contributed by atoms with Crippen molar-refractivity contribution in [2.45, 2.75) is 45.3 Å². The molecule has 1 aliphatic heterocycles. The van der Waals surface area contributed by atoms with Crippen LogP contribution >= 0.6 is 0 Å². The molecule has 0 bridgehead atoms. The molecule has 1 fully saturated rings. The standard InChI is InChI=1S/C25H32N2O5/c1-25(2,3)32-23(28)26-22(19-8-5-4-6-9-19)20-10-7-11-21(16-20)31-17-18-12-14-27(15-13-18)24(29)30/h4-11,16,18,22H,12-15,17H2,1-3H3,(H,26,28)(H,29,30). The molecular weight excluding hydrogens is 408 g/mol. The summed E-state index contributed by atoms with van der Waals surface area (Å²) < 4.78 is 11.5. The molecule has 2 amide bonds. The van der Waals surface area contributed by atoms with Gasteiger partial charge in [0.15, 0.2) is 0 Å². The number of alkyl carbamates (subject to hydrolysis) is 1. The normalized spacial score (nSPS) is 15.7. The maximum Gasteiger partial charge on any atom is 0.408 e. The van der Waals surface area contributed by atoms with E-state index in [0.717, 1.165) is 29.7 Å². The van der Waals surface area contributed by atoms with Crippen LogP contribution in [0.4, 0.5) is 9.59 Å². The van der Waals surface area contributed by atoms with E-state index in [9.17, 15) is 9.59 Å². The molecule has 1 atom stereocenters. The Hall–Kier alpha value is -3.22. The molecule has 2 aromatic carbocycles. The third-order valence-electron chi connectivity index (χ3n) is 5.36. The smallest absolute Gasteiger partial charge is 0.408 e. The van der Waals surface area contributed by atoms with Gasteiger partial charge in [0, 0.05) is 13.1 Å². The van der Waals surface area contributed by atoms with Crippen LogP contribution in [0.2, 0.25) is 0 Å². The van der Waals surface area contributed by atoms with Crippen molar-refractivity contribution in [1.82, 2.24) is 10.2 Å². The lowest BCUT2D eigenvalue weighted by molar-refractivity contribution is 0.0512. The highest BCUT2D eigenvalue weighted by Crippen LogP contribution is 2.27. The third kappa shape index (κ3) is 6.90. The zero-order valence-corrected chi connectivity index (χ0v) is 18.9. The van der Waals surface area contributed by atoms with Crippen LogP contribution in [0, 0.1) is 5.92 Å². The number of piperidine rings is 1. The largest absolute Gasteiger partial charge is 0.493 e. The number of hydrogen-bond donors (Lipinski definition) is 2. The molecule has 0 saturated carbocycles. The number of ether oxygens (including phenoxy) is 2. The van der Waals surface area contributed by atoms with Crippen molar-refractivity contribution in [3.63, 3.8) is 0 Å². The predicted octanol–water partition coefficient (Wildman–Crippen LogP) is 5.07. The van der Waals surface area contributed by atoms with Gasteiger partial charge in [0.2, 0.25) is 0 Å². The summed E-state index contributed by atoms with van der Waals surface area (Å²) in [5, 5.41) is 12.1. The molecule has 0 radical (unpaired) electrons. The van der Waals surface area contributed by atoms with Crippen molar-refractivity contribution < 1.29 is 24.2 Å². The van der Waals surface area contributed by atoms with Crippen molar-refractivity contribution in [2.24, 2.45) is 5.92 Å². The Kier molecular flexibility index (Phi) is 7.62. The van der Waals surface area contributed by atoms with Gasteiger partial charge in [0.25, 0.3) is 0 Å². The van der Waals surface area contributed by atoms with Crippen LogP contribution in [0.1, 0.15) is 50.8 Å². The Morgan fingerprint density at radius 2 is 1.72 bits per heavy atom. The fourth-order valence-electron chi connectivity index (χ4n) is 3.72. The summed E-state index contributed by atoms with van der Waals surface area (Å²) in [5.41, 5.74) is 1.24. The molecule has 2 N–H and O–H groups in total. The summed E-state index contributed by atoms with van der Waals surface area (Å²) in [6, 6.07) is 17.0. The molecule has 7 nitrogen and oxygen atoms in total. The Labute approximate surface area is 189 Å².